The smallest absolute Gasteiger partial charge is 0.269 e. The second kappa shape index (κ2) is 6.51. The van der Waals surface area contributed by atoms with Crippen LogP contribution in [0.25, 0.3) is 0 Å². The maximum atomic E-state index is 13.2. The van der Waals surface area contributed by atoms with Gasteiger partial charge in [-0.05, 0) is 29.8 Å². The Labute approximate surface area is 164 Å². The van der Waals surface area contributed by atoms with Gasteiger partial charge in [-0.2, -0.15) is 10.5 Å². The van der Waals surface area contributed by atoms with Crippen LogP contribution in [-0.4, -0.2) is 22.3 Å². The Balaban J connectivity index is 1.81. The minimum absolute atomic E-state index is 0.158. The Morgan fingerprint density at radius 3 is 2.17 bits per heavy atom. The highest BCUT2D eigenvalue weighted by Crippen LogP contribution is 2.53. The van der Waals surface area contributed by atoms with Crippen molar-refractivity contribution in [1.29, 1.82) is 10.5 Å². The zero-order chi connectivity index (χ0) is 20.8. The summed E-state index contributed by atoms with van der Waals surface area (Å²) in [4.78, 5) is 37.5. The molecule has 2 aromatic rings. The van der Waals surface area contributed by atoms with Crippen molar-refractivity contribution in [2.24, 2.45) is 11.8 Å². The molecule has 2 aliphatic rings. The van der Waals surface area contributed by atoms with Gasteiger partial charge in [0.05, 0.1) is 22.6 Å². The van der Waals surface area contributed by atoms with Crippen LogP contribution in [0.4, 0.5) is 11.4 Å². The molecule has 0 N–H and O–H groups in total. The van der Waals surface area contributed by atoms with E-state index < -0.39 is 40.3 Å². The molecule has 2 fully saturated rings. The predicted octanol–water partition coefficient (Wildman–Crippen LogP) is 2.26. The molecule has 0 saturated carbocycles. The van der Waals surface area contributed by atoms with E-state index >= 15 is 0 Å². The molecule has 29 heavy (non-hydrogen) atoms. The zero-order valence-electron chi connectivity index (χ0n) is 14.8. The molecule has 0 aromatic heterocycles. The fourth-order valence-corrected chi connectivity index (χ4v) is 3.88. The number of anilines is 1. The summed E-state index contributed by atoms with van der Waals surface area (Å²) in [6.07, 6.45) is -1.06. The molecule has 2 aromatic carbocycles. The molecule has 0 unspecified atom stereocenters. The standard InChI is InChI=1S/C20H12N4O5/c21-10-20(11-22)16-15(17(29-20)12-6-8-14(9-7-12)24(27)28)18(25)23(19(16)26)13-4-2-1-3-5-13/h1-9,15-17H/t15-,16-,17-/m1/s1. The number of nitro benzene ring substituents is 1. The number of amides is 2. The molecule has 2 saturated heterocycles. The highest BCUT2D eigenvalue weighted by molar-refractivity contribution is 6.23. The fourth-order valence-electron chi connectivity index (χ4n) is 3.88. The molecule has 4 rings (SSSR count). The Hall–Kier alpha value is -4.08. The molecule has 0 radical (unpaired) electrons. The maximum absolute atomic E-state index is 13.2. The molecule has 2 amide bonds. The first-order valence-electron chi connectivity index (χ1n) is 8.61. The number of imide groups is 1. The van der Waals surface area contributed by atoms with E-state index in [1.807, 2.05) is 0 Å². The highest BCUT2D eigenvalue weighted by atomic mass is 16.6. The number of para-hydroxylation sites is 1. The van der Waals surface area contributed by atoms with Crippen LogP contribution in [0.3, 0.4) is 0 Å². The largest absolute Gasteiger partial charge is 0.338 e. The van der Waals surface area contributed by atoms with Crippen LogP contribution >= 0.6 is 0 Å². The number of carbonyl (C=O) groups is 2. The number of benzene rings is 2. The third-order valence-electron chi connectivity index (χ3n) is 5.21. The van der Waals surface area contributed by atoms with Gasteiger partial charge in [0.15, 0.2) is 0 Å². The van der Waals surface area contributed by atoms with E-state index in [1.165, 1.54) is 24.3 Å². The molecule has 142 valence electrons. The number of hydrogen-bond donors (Lipinski definition) is 0. The summed E-state index contributed by atoms with van der Waals surface area (Å²) in [5.74, 6) is -3.66. The van der Waals surface area contributed by atoms with Crippen molar-refractivity contribution in [1.82, 2.24) is 0 Å². The maximum Gasteiger partial charge on any atom is 0.269 e. The molecule has 0 spiro atoms. The van der Waals surface area contributed by atoms with Gasteiger partial charge in [-0.25, -0.2) is 4.90 Å². The summed E-state index contributed by atoms with van der Waals surface area (Å²) in [5, 5.41) is 30.2. The lowest BCUT2D eigenvalue weighted by Crippen LogP contribution is -2.40. The summed E-state index contributed by atoms with van der Waals surface area (Å²) >= 11 is 0. The first kappa shape index (κ1) is 18.3. The molecule has 3 atom stereocenters. The van der Waals surface area contributed by atoms with Crippen LogP contribution in [0.5, 0.6) is 0 Å². The van der Waals surface area contributed by atoms with Crippen molar-refractivity contribution in [2.75, 3.05) is 4.90 Å². The van der Waals surface area contributed by atoms with Gasteiger partial charge in [-0.3, -0.25) is 19.7 Å². The average Bonchev–Trinajstić information content (AvgIpc) is 3.23. The van der Waals surface area contributed by atoms with Crippen LogP contribution in [0.2, 0.25) is 0 Å². The predicted molar refractivity (Wildman–Crippen MR) is 96.8 cm³/mol. The van der Waals surface area contributed by atoms with E-state index in [2.05, 4.69) is 0 Å². The highest BCUT2D eigenvalue weighted by Gasteiger charge is 2.68. The third-order valence-corrected chi connectivity index (χ3v) is 5.21. The van der Waals surface area contributed by atoms with E-state index in [0.717, 1.165) is 4.90 Å². The molecule has 9 heteroatoms. The zero-order valence-corrected chi connectivity index (χ0v) is 14.8. The van der Waals surface area contributed by atoms with Gasteiger partial charge >= 0.3 is 0 Å². The number of non-ortho nitro benzene ring substituents is 1. The Morgan fingerprint density at radius 2 is 1.62 bits per heavy atom. The van der Waals surface area contributed by atoms with Crippen LogP contribution in [-0.2, 0) is 14.3 Å². The molecular weight excluding hydrogens is 376 g/mol. The SMILES string of the molecule is N#CC1(C#N)O[C@H](c2ccc([N+](=O)[O-])cc2)[C@@H]2C(=O)N(c3ccccc3)C(=O)[C@@H]21. The van der Waals surface area contributed by atoms with Crippen molar-refractivity contribution in [3.63, 3.8) is 0 Å². The monoisotopic (exact) mass is 388 g/mol. The van der Waals surface area contributed by atoms with Gasteiger partial charge in [0.2, 0.25) is 11.8 Å². The summed E-state index contributed by atoms with van der Waals surface area (Å²) in [7, 11) is 0. The van der Waals surface area contributed by atoms with E-state index in [1.54, 1.807) is 42.5 Å². The van der Waals surface area contributed by atoms with Gasteiger partial charge < -0.3 is 4.74 Å². The lowest BCUT2D eigenvalue weighted by Gasteiger charge is -2.22. The van der Waals surface area contributed by atoms with Gasteiger partial charge in [0.1, 0.15) is 18.1 Å². The second-order valence-electron chi connectivity index (χ2n) is 6.70. The van der Waals surface area contributed by atoms with E-state index in [-0.39, 0.29) is 5.69 Å². The number of hydrogen-bond acceptors (Lipinski definition) is 7. The van der Waals surface area contributed by atoms with Crippen molar-refractivity contribution in [3.05, 3.63) is 70.3 Å². The van der Waals surface area contributed by atoms with Crippen molar-refractivity contribution in [3.8, 4) is 12.1 Å². The minimum Gasteiger partial charge on any atom is -0.338 e. The first-order chi connectivity index (χ1) is 13.9. The molecule has 2 heterocycles. The van der Waals surface area contributed by atoms with Gasteiger partial charge in [-0.1, -0.05) is 18.2 Å². The Kier molecular flexibility index (Phi) is 4.11. The number of rotatable bonds is 3. The third kappa shape index (κ3) is 2.57. The van der Waals surface area contributed by atoms with Gasteiger partial charge in [-0.15, -0.1) is 0 Å². The molecule has 2 aliphatic heterocycles. The number of carbonyl (C=O) groups excluding carboxylic acids is 2. The number of nitrogens with zero attached hydrogens (tertiary/aromatic N) is 4. The molecule has 9 nitrogen and oxygen atoms in total. The van der Waals surface area contributed by atoms with Gasteiger partial charge in [0.25, 0.3) is 11.3 Å². The summed E-state index contributed by atoms with van der Waals surface area (Å²) in [6.45, 7) is 0. The number of ether oxygens (including phenoxy) is 1. The van der Waals surface area contributed by atoms with Crippen LogP contribution in [0, 0.1) is 44.6 Å². The van der Waals surface area contributed by atoms with Crippen molar-refractivity contribution in [2.45, 2.75) is 11.7 Å². The fraction of sp³-hybridized carbons (Fsp3) is 0.200. The average molecular weight is 388 g/mol. The second-order valence-corrected chi connectivity index (χ2v) is 6.70. The van der Waals surface area contributed by atoms with Crippen LogP contribution in [0.15, 0.2) is 54.6 Å². The lowest BCUT2D eigenvalue weighted by atomic mass is 9.81. The first-order valence-corrected chi connectivity index (χ1v) is 8.61. The number of fused-ring (bicyclic) bond motifs is 1. The van der Waals surface area contributed by atoms with Crippen molar-refractivity contribution >= 4 is 23.2 Å². The molecule has 0 bridgehead atoms. The van der Waals surface area contributed by atoms with Gasteiger partial charge in [0, 0.05) is 12.1 Å². The van der Waals surface area contributed by atoms with Crippen molar-refractivity contribution < 1.29 is 19.2 Å². The summed E-state index contributed by atoms with van der Waals surface area (Å²) in [6, 6.07) is 17.0. The quantitative estimate of drug-likeness (QED) is 0.446. The normalized spacial score (nSPS) is 24.6. The van der Waals surface area contributed by atoms with E-state index in [4.69, 9.17) is 4.74 Å². The van der Waals surface area contributed by atoms with Crippen LogP contribution < -0.4 is 4.90 Å². The Morgan fingerprint density at radius 1 is 1.00 bits per heavy atom. The topological polar surface area (TPSA) is 137 Å². The Bertz CT molecular complexity index is 1090. The van der Waals surface area contributed by atoms with E-state index in [0.29, 0.717) is 11.3 Å². The summed E-state index contributed by atoms with van der Waals surface area (Å²) in [5.41, 5.74) is -1.58. The molecule has 0 aliphatic carbocycles. The lowest BCUT2D eigenvalue weighted by molar-refractivity contribution is -0.384. The molecular formula is C20H12N4O5. The summed E-state index contributed by atoms with van der Waals surface area (Å²) < 4.78 is 5.67. The number of nitriles is 2. The minimum atomic E-state index is -2.13. The van der Waals surface area contributed by atoms with Crippen LogP contribution in [0.1, 0.15) is 11.7 Å². The van der Waals surface area contributed by atoms with E-state index in [9.17, 15) is 30.2 Å². The number of nitro groups is 1.